The number of hydrogen-bond acceptors (Lipinski definition) is 6. The Balaban J connectivity index is 3.61. The number of aromatic hydroxyl groups is 2. The highest BCUT2D eigenvalue weighted by Gasteiger charge is 2.26. The van der Waals surface area contributed by atoms with E-state index in [1.165, 1.54) is 7.11 Å². The van der Waals surface area contributed by atoms with E-state index in [1.807, 2.05) is 0 Å². The summed E-state index contributed by atoms with van der Waals surface area (Å²) in [6, 6.07) is 1.07. The zero-order chi connectivity index (χ0) is 13.2. The lowest BCUT2D eigenvalue weighted by molar-refractivity contribution is 0.0593. The van der Waals surface area contributed by atoms with Crippen LogP contribution in [0.5, 0.6) is 17.2 Å². The summed E-state index contributed by atoms with van der Waals surface area (Å²) in [7, 11) is 2.38. The molecule has 0 amide bonds. The lowest BCUT2D eigenvalue weighted by Crippen LogP contribution is -2.07. The van der Waals surface area contributed by atoms with Crippen molar-refractivity contribution in [1.82, 2.24) is 0 Å². The number of phenols is 2. The summed E-state index contributed by atoms with van der Waals surface area (Å²) in [5.41, 5.74) is -0.635. The number of esters is 1. The number of Topliss-reactive ketones (excluding diaryl/α,β-unsaturated/α-hetero) is 1. The number of benzene rings is 1. The van der Waals surface area contributed by atoms with Crippen LogP contribution in [-0.4, -0.2) is 36.2 Å². The van der Waals surface area contributed by atoms with E-state index in [2.05, 4.69) is 4.74 Å². The standard InChI is InChI=1S/C11H12O6/c1-5(12)8-6(13)4-7(16-2)9(10(8)14)11(15)17-3/h4,13-14H,1-3H3. The molecule has 1 aromatic carbocycles. The molecule has 0 spiro atoms. The lowest BCUT2D eigenvalue weighted by Gasteiger charge is -2.12. The van der Waals surface area contributed by atoms with Gasteiger partial charge in [0, 0.05) is 6.07 Å². The van der Waals surface area contributed by atoms with Crippen LogP contribution in [0.1, 0.15) is 27.6 Å². The molecule has 92 valence electrons. The van der Waals surface area contributed by atoms with Crippen molar-refractivity contribution in [3.05, 3.63) is 17.2 Å². The lowest BCUT2D eigenvalue weighted by atomic mass is 10.0. The average molecular weight is 240 g/mol. The minimum Gasteiger partial charge on any atom is -0.507 e. The van der Waals surface area contributed by atoms with Crippen molar-refractivity contribution >= 4 is 11.8 Å². The minimum absolute atomic E-state index is 0.0724. The quantitative estimate of drug-likeness (QED) is 0.607. The molecule has 17 heavy (non-hydrogen) atoms. The molecule has 0 saturated carbocycles. The van der Waals surface area contributed by atoms with Gasteiger partial charge in [-0.15, -0.1) is 0 Å². The molecular formula is C11H12O6. The van der Waals surface area contributed by atoms with Crippen molar-refractivity contribution in [3.8, 4) is 17.2 Å². The summed E-state index contributed by atoms with van der Waals surface area (Å²) in [6.07, 6.45) is 0. The molecule has 0 aromatic heterocycles. The maximum atomic E-state index is 11.4. The molecule has 1 aromatic rings. The Hall–Kier alpha value is -2.24. The van der Waals surface area contributed by atoms with E-state index in [9.17, 15) is 19.8 Å². The number of hydrogen-bond donors (Lipinski definition) is 2. The molecule has 0 atom stereocenters. The van der Waals surface area contributed by atoms with Crippen LogP contribution in [-0.2, 0) is 4.74 Å². The van der Waals surface area contributed by atoms with Crippen LogP contribution in [0.15, 0.2) is 6.07 Å². The zero-order valence-electron chi connectivity index (χ0n) is 9.60. The number of carbonyl (C=O) groups excluding carboxylic acids is 2. The van der Waals surface area contributed by atoms with Crippen LogP contribution in [0.2, 0.25) is 0 Å². The van der Waals surface area contributed by atoms with Gasteiger partial charge in [0.25, 0.3) is 0 Å². The Bertz CT molecular complexity index is 477. The Morgan fingerprint density at radius 2 is 1.76 bits per heavy atom. The van der Waals surface area contributed by atoms with Gasteiger partial charge in [0.1, 0.15) is 28.4 Å². The van der Waals surface area contributed by atoms with Gasteiger partial charge in [-0.3, -0.25) is 4.79 Å². The summed E-state index contributed by atoms with van der Waals surface area (Å²) in [4.78, 5) is 22.7. The number of rotatable bonds is 3. The van der Waals surface area contributed by atoms with Gasteiger partial charge in [-0.05, 0) is 6.92 Å². The molecule has 0 aliphatic carbocycles. The molecule has 0 bridgehead atoms. The van der Waals surface area contributed by atoms with Gasteiger partial charge in [0.05, 0.1) is 14.2 Å². The van der Waals surface area contributed by atoms with Gasteiger partial charge >= 0.3 is 5.97 Å². The highest BCUT2D eigenvalue weighted by atomic mass is 16.5. The second kappa shape index (κ2) is 4.73. The second-order valence-corrected chi connectivity index (χ2v) is 3.24. The van der Waals surface area contributed by atoms with Gasteiger partial charge in [0.2, 0.25) is 0 Å². The predicted octanol–water partition coefficient (Wildman–Crippen LogP) is 1.10. The summed E-state index contributed by atoms with van der Waals surface area (Å²) < 4.78 is 9.29. The number of ether oxygens (including phenoxy) is 2. The smallest absolute Gasteiger partial charge is 0.345 e. The first-order valence-corrected chi connectivity index (χ1v) is 4.66. The highest BCUT2D eigenvalue weighted by molar-refractivity contribution is 6.05. The Kier molecular flexibility index (Phi) is 3.57. The fourth-order valence-electron chi connectivity index (χ4n) is 1.44. The van der Waals surface area contributed by atoms with Crippen molar-refractivity contribution < 1.29 is 29.3 Å². The van der Waals surface area contributed by atoms with Crippen molar-refractivity contribution in [2.24, 2.45) is 0 Å². The maximum Gasteiger partial charge on any atom is 0.345 e. The van der Waals surface area contributed by atoms with Gasteiger partial charge in [-0.25, -0.2) is 4.79 Å². The van der Waals surface area contributed by atoms with E-state index in [1.54, 1.807) is 0 Å². The van der Waals surface area contributed by atoms with Crippen LogP contribution in [0, 0.1) is 0 Å². The van der Waals surface area contributed by atoms with E-state index in [0.29, 0.717) is 0 Å². The van der Waals surface area contributed by atoms with E-state index >= 15 is 0 Å². The Labute approximate surface area is 97.4 Å². The molecule has 0 aliphatic heterocycles. The van der Waals surface area contributed by atoms with Crippen LogP contribution in [0.25, 0.3) is 0 Å². The van der Waals surface area contributed by atoms with E-state index in [-0.39, 0.29) is 16.9 Å². The third-order valence-electron chi connectivity index (χ3n) is 2.21. The summed E-state index contributed by atoms with van der Waals surface area (Å²) in [5.74, 6) is -2.62. The topological polar surface area (TPSA) is 93.1 Å². The van der Waals surface area contributed by atoms with Crippen molar-refractivity contribution in [2.45, 2.75) is 6.92 Å². The molecule has 0 aliphatic rings. The number of ketones is 1. The molecule has 0 saturated heterocycles. The normalized spacial score (nSPS) is 9.82. The van der Waals surface area contributed by atoms with Crippen LogP contribution >= 0.6 is 0 Å². The molecule has 6 heteroatoms. The van der Waals surface area contributed by atoms with E-state index in [4.69, 9.17) is 4.74 Å². The number of phenolic OH excluding ortho intramolecular Hbond substituents is 2. The molecular weight excluding hydrogens is 228 g/mol. The Morgan fingerprint density at radius 1 is 1.18 bits per heavy atom. The third kappa shape index (κ3) is 2.15. The monoisotopic (exact) mass is 240 g/mol. The first-order chi connectivity index (χ1) is 7.93. The summed E-state index contributed by atoms with van der Waals surface area (Å²) in [6.45, 7) is 1.16. The van der Waals surface area contributed by atoms with Crippen molar-refractivity contribution in [2.75, 3.05) is 14.2 Å². The largest absolute Gasteiger partial charge is 0.507 e. The van der Waals surface area contributed by atoms with Gasteiger partial charge < -0.3 is 19.7 Å². The predicted molar refractivity (Wildman–Crippen MR) is 57.7 cm³/mol. The minimum atomic E-state index is -0.859. The summed E-state index contributed by atoms with van der Waals surface area (Å²) in [5, 5.41) is 19.3. The highest BCUT2D eigenvalue weighted by Crippen LogP contribution is 2.38. The van der Waals surface area contributed by atoms with E-state index < -0.39 is 23.3 Å². The fraction of sp³-hybridized carbons (Fsp3) is 0.273. The van der Waals surface area contributed by atoms with Crippen LogP contribution in [0.4, 0.5) is 0 Å². The maximum absolute atomic E-state index is 11.4. The molecule has 6 nitrogen and oxygen atoms in total. The first kappa shape index (κ1) is 12.8. The second-order valence-electron chi connectivity index (χ2n) is 3.24. The molecule has 2 N–H and O–H groups in total. The summed E-state index contributed by atoms with van der Waals surface area (Å²) >= 11 is 0. The van der Waals surface area contributed by atoms with Crippen LogP contribution in [0.3, 0.4) is 0 Å². The first-order valence-electron chi connectivity index (χ1n) is 4.66. The molecule has 0 unspecified atom stereocenters. The molecule has 0 radical (unpaired) electrons. The Morgan fingerprint density at radius 3 is 2.18 bits per heavy atom. The van der Waals surface area contributed by atoms with Gasteiger partial charge in [0.15, 0.2) is 5.78 Å². The zero-order valence-corrected chi connectivity index (χ0v) is 9.60. The third-order valence-corrected chi connectivity index (χ3v) is 2.21. The number of methoxy groups -OCH3 is 2. The number of carbonyl (C=O) groups is 2. The molecule has 1 rings (SSSR count). The van der Waals surface area contributed by atoms with Gasteiger partial charge in [-0.1, -0.05) is 0 Å². The molecule has 0 heterocycles. The van der Waals surface area contributed by atoms with Crippen LogP contribution < -0.4 is 4.74 Å². The van der Waals surface area contributed by atoms with Crippen molar-refractivity contribution in [3.63, 3.8) is 0 Å². The molecule has 0 fully saturated rings. The average Bonchev–Trinajstić information content (AvgIpc) is 2.26. The van der Waals surface area contributed by atoms with E-state index in [0.717, 1.165) is 20.1 Å². The van der Waals surface area contributed by atoms with Crippen molar-refractivity contribution in [1.29, 1.82) is 0 Å². The van der Waals surface area contributed by atoms with Gasteiger partial charge in [-0.2, -0.15) is 0 Å². The fourth-order valence-corrected chi connectivity index (χ4v) is 1.44. The SMILES string of the molecule is COC(=O)c1c(OC)cc(O)c(C(C)=O)c1O.